The molecule has 0 radical (unpaired) electrons. The predicted molar refractivity (Wildman–Crippen MR) is 55.8 cm³/mol. The third-order valence-electron chi connectivity index (χ3n) is 1.08. The van der Waals surface area contributed by atoms with Crippen molar-refractivity contribution in [3.05, 3.63) is 9.79 Å². The molecule has 0 fully saturated rings. The van der Waals surface area contributed by atoms with Gasteiger partial charge in [-0.05, 0) is 0 Å². The zero-order chi connectivity index (χ0) is 8.41. The number of hydrogen-bond donors (Lipinski definition) is 0. The van der Waals surface area contributed by atoms with Crippen LogP contribution in [0.5, 0.6) is 0 Å². The summed E-state index contributed by atoms with van der Waals surface area (Å²) < 4.78 is 2.54. The molecule has 0 nitrogen and oxygen atoms in total. The van der Waals surface area contributed by atoms with Crippen LogP contribution >= 0.6 is 0 Å². The Labute approximate surface area is 70.6 Å². The summed E-state index contributed by atoms with van der Waals surface area (Å²) in [6.45, 7) is 7.17. The molecule has 0 unspecified atom stereocenters. The summed E-state index contributed by atoms with van der Waals surface area (Å²) in [5.41, 5.74) is 2.50. The van der Waals surface area contributed by atoms with Crippen LogP contribution in [0.4, 0.5) is 0 Å². The summed E-state index contributed by atoms with van der Waals surface area (Å²) in [4.78, 5) is 7.35. The zero-order valence-electron chi connectivity index (χ0n) is 8.15. The minimum atomic E-state index is -1.57. The van der Waals surface area contributed by atoms with Crippen molar-refractivity contribution in [2.45, 2.75) is 34.5 Å². The van der Waals surface area contributed by atoms with Crippen LogP contribution in [0.25, 0.3) is 0 Å². The van der Waals surface area contributed by atoms with Crippen molar-refractivity contribution in [2.75, 3.05) is 0 Å². The Hall–Kier alpha value is 0.756. The third-order valence-corrected chi connectivity index (χ3v) is 6.53. The summed E-state index contributed by atoms with van der Waals surface area (Å²) in [5.74, 6) is 0. The van der Waals surface area contributed by atoms with Gasteiger partial charge in [-0.2, -0.15) is 0 Å². The van der Waals surface area contributed by atoms with E-state index in [0.717, 1.165) is 0 Å². The van der Waals surface area contributed by atoms with Crippen LogP contribution in [-0.4, -0.2) is 26.5 Å². The Morgan fingerprint density at radius 1 is 1.00 bits per heavy atom. The molecule has 10 heavy (non-hydrogen) atoms. The SMILES string of the molecule is C[Si](C)(C)/C=[CH]/[Sn]([CH3])([CH3])[CH3]. The van der Waals surface area contributed by atoms with Gasteiger partial charge in [-0.1, -0.05) is 0 Å². The Bertz CT molecular complexity index is 109. The van der Waals surface area contributed by atoms with E-state index in [4.69, 9.17) is 0 Å². The van der Waals surface area contributed by atoms with Crippen molar-refractivity contribution in [2.24, 2.45) is 0 Å². The first-order valence-corrected chi connectivity index (χ1v) is 17.7. The van der Waals surface area contributed by atoms with Crippen molar-refractivity contribution in [1.82, 2.24) is 0 Å². The van der Waals surface area contributed by atoms with Gasteiger partial charge in [0.2, 0.25) is 0 Å². The van der Waals surface area contributed by atoms with Crippen LogP contribution in [0.15, 0.2) is 9.79 Å². The van der Waals surface area contributed by atoms with Gasteiger partial charge >= 0.3 is 70.7 Å². The molecule has 60 valence electrons. The van der Waals surface area contributed by atoms with E-state index in [1.54, 1.807) is 0 Å². The van der Waals surface area contributed by atoms with Gasteiger partial charge in [0, 0.05) is 0 Å². The fourth-order valence-corrected chi connectivity index (χ4v) is 10.1. The molecule has 0 aromatic carbocycles. The predicted octanol–water partition coefficient (Wildman–Crippen LogP) is 3.30. The van der Waals surface area contributed by atoms with Gasteiger partial charge in [0.25, 0.3) is 0 Å². The van der Waals surface area contributed by atoms with Gasteiger partial charge in [-0.15, -0.1) is 0 Å². The maximum atomic E-state index is 2.54. The van der Waals surface area contributed by atoms with E-state index in [0.29, 0.717) is 0 Å². The Balaban J connectivity index is 4.01. The van der Waals surface area contributed by atoms with Crippen molar-refractivity contribution in [1.29, 1.82) is 0 Å². The Kier molecular flexibility index (Phi) is 3.69. The summed E-state index contributed by atoms with van der Waals surface area (Å²) in [6.07, 6.45) is 0. The molecule has 2 heteroatoms. The van der Waals surface area contributed by atoms with Gasteiger partial charge in [-0.25, -0.2) is 0 Å². The molecule has 0 amide bonds. The minimum absolute atomic E-state index is 0.895. The second kappa shape index (κ2) is 3.43. The molecular weight excluding hydrogens is 243 g/mol. The van der Waals surface area contributed by atoms with Crippen LogP contribution in [0.2, 0.25) is 34.5 Å². The Morgan fingerprint density at radius 2 is 1.40 bits per heavy atom. The molecule has 0 N–H and O–H groups in total. The van der Waals surface area contributed by atoms with E-state index in [9.17, 15) is 0 Å². The molecule has 0 aliphatic rings. The number of hydrogen-bond acceptors (Lipinski definition) is 0. The molecule has 0 rings (SSSR count). The first-order valence-electron chi connectivity index (χ1n) is 3.91. The quantitative estimate of drug-likeness (QED) is 0.670. The normalized spacial score (nSPS) is 14.6. The van der Waals surface area contributed by atoms with Crippen LogP contribution in [0.3, 0.4) is 0 Å². The average Bonchev–Trinajstić information content (AvgIpc) is 1.57. The van der Waals surface area contributed by atoms with Crippen molar-refractivity contribution in [3.8, 4) is 0 Å². The van der Waals surface area contributed by atoms with Crippen LogP contribution < -0.4 is 0 Å². The zero-order valence-corrected chi connectivity index (χ0v) is 12.0. The van der Waals surface area contributed by atoms with Crippen molar-refractivity contribution in [3.63, 3.8) is 0 Å². The van der Waals surface area contributed by atoms with Crippen LogP contribution in [-0.2, 0) is 0 Å². The molecule has 0 aromatic rings. The molecule has 0 aromatic heterocycles. The van der Waals surface area contributed by atoms with Gasteiger partial charge in [0.15, 0.2) is 0 Å². The fraction of sp³-hybridized carbons (Fsp3) is 0.750. The number of rotatable bonds is 2. The van der Waals surface area contributed by atoms with Crippen LogP contribution in [0, 0.1) is 0 Å². The molecule has 0 atom stereocenters. The van der Waals surface area contributed by atoms with Gasteiger partial charge < -0.3 is 0 Å². The maximum absolute atomic E-state index is 2.54. The second-order valence-electron chi connectivity index (χ2n) is 5.07. The summed E-state index contributed by atoms with van der Waals surface area (Å²) in [6, 6.07) is 0. The van der Waals surface area contributed by atoms with Crippen molar-refractivity contribution >= 4 is 26.5 Å². The van der Waals surface area contributed by atoms with E-state index in [1.807, 2.05) is 0 Å². The van der Waals surface area contributed by atoms with E-state index in [2.05, 4.69) is 44.3 Å². The van der Waals surface area contributed by atoms with Gasteiger partial charge in [-0.3, -0.25) is 0 Å². The fourth-order valence-electron chi connectivity index (χ4n) is 0.500. The molecule has 0 spiro atoms. The van der Waals surface area contributed by atoms with Crippen molar-refractivity contribution < 1.29 is 0 Å². The average molecular weight is 263 g/mol. The standard InChI is InChI=1S/C5H11Si.3CH3.Sn/c1-5-6(2,3)4;;;;/h1,5H,2-4H3;3*1H3;. The molecule has 0 aliphatic carbocycles. The van der Waals surface area contributed by atoms with E-state index in [1.165, 1.54) is 0 Å². The first-order chi connectivity index (χ1) is 4.21. The Morgan fingerprint density at radius 3 is 1.50 bits per heavy atom. The molecule has 0 bridgehead atoms. The summed E-state index contributed by atoms with van der Waals surface area (Å²) >= 11 is -1.57. The summed E-state index contributed by atoms with van der Waals surface area (Å²) in [5, 5.41) is 0. The van der Waals surface area contributed by atoms with E-state index < -0.39 is 26.5 Å². The topological polar surface area (TPSA) is 0 Å². The molecule has 0 saturated carbocycles. The monoisotopic (exact) mass is 264 g/mol. The summed E-state index contributed by atoms with van der Waals surface area (Å²) in [7, 11) is -0.895. The van der Waals surface area contributed by atoms with E-state index in [-0.39, 0.29) is 0 Å². The van der Waals surface area contributed by atoms with Crippen LogP contribution in [0.1, 0.15) is 0 Å². The van der Waals surface area contributed by atoms with Gasteiger partial charge in [0.05, 0.1) is 0 Å². The second-order valence-corrected chi connectivity index (χ2v) is 24.6. The third kappa shape index (κ3) is 8.76. The molecule has 0 saturated heterocycles. The van der Waals surface area contributed by atoms with E-state index >= 15 is 0 Å². The molecule has 0 aliphatic heterocycles. The molecular formula is C8H20SiSn. The molecule has 0 heterocycles. The first kappa shape index (κ1) is 10.8. The van der Waals surface area contributed by atoms with Gasteiger partial charge in [0.1, 0.15) is 0 Å².